The fourth-order valence-electron chi connectivity index (χ4n) is 3.43. The lowest BCUT2D eigenvalue weighted by molar-refractivity contribution is 0.252. The van der Waals surface area contributed by atoms with Gasteiger partial charge in [0, 0.05) is 12.1 Å². The van der Waals surface area contributed by atoms with Gasteiger partial charge in [0.15, 0.2) is 0 Å². The molecule has 0 aromatic rings. The molecule has 0 spiro atoms. The van der Waals surface area contributed by atoms with Gasteiger partial charge in [0.05, 0.1) is 0 Å². The van der Waals surface area contributed by atoms with E-state index in [0.29, 0.717) is 0 Å². The van der Waals surface area contributed by atoms with E-state index in [4.69, 9.17) is 5.73 Å². The lowest BCUT2D eigenvalue weighted by Gasteiger charge is -2.34. The van der Waals surface area contributed by atoms with Crippen molar-refractivity contribution < 1.29 is 0 Å². The van der Waals surface area contributed by atoms with Crippen LogP contribution in [0.15, 0.2) is 0 Å². The van der Waals surface area contributed by atoms with Gasteiger partial charge in [-0.1, -0.05) is 26.2 Å². The van der Waals surface area contributed by atoms with Crippen molar-refractivity contribution in [3.05, 3.63) is 0 Å². The Morgan fingerprint density at radius 3 is 2.62 bits per heavy atom. The molecule has 2 fully saturated rings. The van der Waals surface area contributed by atoms with Crippen LogP contribution in [-0.4, -0.2) is 30.1 Å². The van der Waals surface area contributed by atoms with Gasteiger partial charge in [0.1, 0.15) is 0 Å². The molecule has 2 N–H and O–H groups in total. The maximum atomic E-state index is 6.49. The molecule has 0 radical (unpaired) electrons. The van der Waals surface area contributed by atoms with Crippen LogP contribution >= 0.6 is 0 Å². The van der Waals surface area contributed by atoms with Gasteiger partial charge in [-0.2, -0.15) is 0 Å². The second-order valence-corrected chi connectivity index (χ2v) is 6.01. The van der Waals surface area contributed by atoms with Crippen molar-refractivity contribution in [2.24, 2.45) is 11.7 Å². The molecule has 0 bridgehead atoms. The summed E-state index contributed by atoms with van der Waals surface area (Å²) in [6, 6.07) is 0. The zero-order valence-corrected chi connectivity index (χ0v) is 10.9. The average Bonchev–Trinajstić information content (AvgIpc) is 2.75. The zero-order chi connectivity index (χ0) is 11.4. The van der Waals surface area contributed by atoms with Crippen molar-refractivity contribution in [3.8, 4) is 0 Å². The smallest absolute Gasteiger partial charge is 0.0154 e. The number of likely N-dealkylation sites (tertiary alicyclic amines) is 1. The van der Waals surface area contributed by atoms with Crippen LogP contribution in [-0.2, 0) is 0 Å². The van der Waals surface area contributed by atoms with Gasteiger partial charge in [-0.15, -0.1) is 0 Å². The van der Waals surface area contributed by atoms with E-state index in [0.717, 1.165) is 5.92 Å². The highest BCUT2D eigenvalue weighted by atomic mass is 15.1. The molecule has 1 unspecified atom stereocenters. The van der Waals surface area contributed by atoms with Crippen LogP contribution in [0.2, 0.25) is 0 Å². The Morgan fingerprint density at radius 2 is 2.00 bits per heavy atom. The van der Waals surface area contributed by atoms with Crippen LogP contribution in [0.5, 0.6) is 0 Å². The Hall–Kier alpha value is -0.0800. The summed E-state index contributed by atoms with van der Waals surface area (Å²) in [5, 5.41) is 0. The van der Waals surface area contributed by atoms with Crippen molar-refractivity contribution in [1.29, 1.82) is 0 Å². The summed E-state index contributed by atoms with van der Waals surface area (Å²) in [5.41, 5.74) is 6.70. The van der Waals surface area contributed by atoms with Crippen molar-refractivity contribution in [2.45, 2.75) is 63.8 Å². The second-order valence-electron chi connectivity index (χ2n) is 6.01. The van der Waals surface area contributed by atoms with E-state index in [-0.39, 0.29) is 5.54 Å². The van der Waals surface area contributed by atoms with E-state index >= 15 is 0 Å². The Labute approximate surface area is 101 Å². The molecule has 1 atom stereocenters. The number of hydrogen-bond donors (Lipinski definition) is 1. The summed E-state index contributed by atoms with van der Waals surface area (Å²) in [6.07, 6.45) is 10.7. The molecule has 1 saturated heterocycles. The molecule has 1 saturated carbocycles. The van der Waals surface area contributed by atoms with E-state index in [9.17, 15) is 0 Å². The molecule has 2 aliphatic rings. The van der Waals surface area contributed by atoms with E-state index in [1.807, 2.05) is 0 Å². The average molecular weight is 224 g/mol. The molecule has 2 rings (SSSR count). The third-order valence-electron chi connectivity index (χ3n) is 4.72. The first kappa shape index (κ1) is 12.4. The third kappa shape index (κ3) is 3.21. The van der Waals surface area contributed by atoms with Crippen LogP contribution in [0.3, 0.4) is 0 Å². The van der Waals surface area contributed by atoms with Gasteiger partial charge in [0.25, 0.3) is 0 Å². The Balaban J connectivity index is 1.70. The van der Waals surface area contributed by atoms with Gasteiger partial charge in [-0.25, -0.2) is 0 Å². The molecular formula is C14H28N2. The van der Waals surface area contributed by atoms with Crippen LogP contribution in [0.4, 0.5) is 0 Å². The third-order valence-corrected chi connectivity index (χ3v) is 4.72. The van der Waals surface area contributed by atoms with Crippen molar-refractivity contribution in [2.75, 3.05) is 19.6 Å². The minimum Gasteiger partial charge on any atom is -0.325 e. The fourth-order valence-corrected chi connectivity index (χ4v) is 3.43. The Bertz CT molecular complexity index is 209. The molecule has 1 aliphatic carbocycles. The van der Waals surface area contributed by atoms with E-state index in [2.05, 4.69) is 11.8 Å². The second kappa shape index (κ2) is 5.50. The largest absolute Gasteiger partial charge is 0.325 e. The van der Waals surface area contributed by atoms with Crippen LogP contribution in [0.25, 0.3) is 0 Å². The van der Waals surface area contributed by atoms with E-state index < -0.39 is 0 Å². The van der Waals surface area contributed by atoms with Gasteiger partial charge < -0.3 is 10.6 Å². The van der Waals surface area contributed by atoms with Gasteiger partial charge in [0.2, 0.25) is 0 Å². The minimum absolute atomic E-state index is 0.206. The molecule has 0 amide bonds. The summed E-state index contributed by atoms with van der Waals surface area (Å²) in [5.74, 6) is 0.933. The quantitative estimate of drug-likeness (QED) is 0.795. The molecule has 1 aliphatic heterocycles. The van der Waals surface area contributed by atoms with Crippen molar-refractivity contribution >= 4 is 0 Å². The fraction of sp³-hybridized carbons (Fsp3) is 1.00. The topological polar surface area (TPSA) is 29.3 Å². The SMILES string of the molecule is CCN1CCC(CCC2(N)CCCCC2)C1. The maximum Gasteiger partial charge on any atom is 0.0154 e. The predicted molar refractivity (Wildman–Crippen MR) is 69.5 cm³/mol. The normalized spacial score (nSPS) is 30.8. The predicted octanol–water partition coefficient (Wildman–Crippen LogP) is 2.77. The Morgan fingerprint density at radius 1 is 1.25 bits per heavy atom. The molecular weight excluding hydrogens is 196 g/mol. The highest BCUT2D eigenvalue weighted by Crippen LogP contribution is 2.32. The van der Waals surface area contributed by atoms with Gasteiger partial charge in [-0.05, 0) is 51.1 Å². The lowest BCUT2D eigenvalue weighted by atomic mass is 9.78. The number of nitrogens with zero attached hydrogens (tertiary/aromatic N) is 1. The van der Waals surface area contributed by atoms with Crippen LogP contribution < -0.4 is 5.73 Å². The monoisotopic (exact) mass is 224 g/mol. The molecule has 0 aromatic carbocycles. The summed E-state index contributed by atoms with van der Waals surface area (Å²) in [4.78, 5) is 2.58. The number of nitrogens with two attached hydrogens (primary N) is 1. The highest BCUT2D eigenvalue weighted by Gasteiger charge is 2.29. The Kier molecular flexibility index (Phi) is 4.26. The van der Waals surface area contributed by atoms with Crippen LogP contribution in [0, 0.1) is 5.92 Å². The standard InChI is InChI=1S/C14H28N2/c1-2-16-11-7-13(12-16)6-10-14(15)8-4-3-5-9-14/h13H,2-12,15H2,1H3. The number of rotatable bonds is 4. The molecule has 1 heterocycles. The van der Waals surface area contributed by atoms with Gasteiger partial charge in [-0.3, -0.25) is 0 Å². The zero-order valence-electron chi connectivity index (χ0n) is 10.9. The van der Waals surface area contributed by atoms with Crippen molar-refractivity contribution in [1.82, 2.24) is 4.90 Å². The summed E-state index contributed by atoms with van der Waals surface area (Å²) >= 11 is 0. The molecule has 94 valence electrons. The van der Waals surface area contributed by atoms with E-state index in [1.165, 1.54) is 71.0 Å². The first-order valence-corrected chi connectivity index (χ1v) is 7.23. The lowest BCUT2D eigenvalue weighted by Crippen LogP contribution is -2.42. The minimum atomic E-state index is 0.206. The molecule has 2 heteroatoms. The molecule has 16 heavy (non-hydrogen) atoms. The highest BCUT2D eigenvalue weighted by molar-refractivity contribution is 4.88. The maximum absolute atomic E-state index is 6.49. The molecule has 0 aromatic heterocycles. The van der Waals surface area contributed by atoms with Crippen molar-refractivity contribution in [3.63, 3.8) is 0 Å². The van der Waals surface area contributed by atoms with Gasteiger partial charge >= 0.3 is 0 Å². The summed E-state index contributed by atoms with van der Waals surface area (Å²) in [7, 11) is 0. The molecule has 2 nitrogen and oxygen atoms in total. The summed E-state index contributed by atoms with van der Waals surface area (Å²) in [6.45, 7) is 6.14. The summed E-state index contributed by atoms with van der Waals surface area (Å²) < 4.78 is 0. The first-order valence-electron chi connectivity index (χ1n) is 7.23. The number of hydrogen-bond acceptors (Lipinski definition) is 2. The van der Waals surface area contributed by atoms with Crippen LogP contribution in [0.1, 0.15) is 58.3 Å². The first-order chi connectivity index (χ1) is 7.72. The van der Waals surface area contributed by atoms with E-state index in [1.54, 1.807) is 0 Å².